The average molecular weight is 547 g/mol. The maximum atomic E-state index is 13.0. The molecule has 4 unspecified atom stereocenters. The zero-order valence-corrected chi connectivity index (χ0v) is 22.1. The Balaban J connectivity index is 1.22. The highest BCUT2D eigenvalue weighted by molar-refractivity contribution is 6.04. The lowest BCUT2D eigenvalue weighted by atomic mass is 10.1. The van der Waals surface area contributed by atoms with Gasteiger partial charge in [-0.15, -0.1) is 0 Å². The van der Waals surface area contributed by atoms with E-state index in [1.54, 1.807) is 14.1 Å². The van der Waals surface area contributed by atoms with Crippen LogP contribution in [0.15, 0.2) is 9.98 Å². The first-order valence-electron chi connectivity index (χ1n) is 13.3. The van der Waals surface area contributed by atoms with E-state index in [1.165, 1.54) is 9.80 Å². The van der Waals surface area contributed by atoms with Crippen molar-refractivity contribution in [1.29, 1.82) is 0 Å². The van der Waals surface area contributed by atoms with Crippen LogP contribution in [-0.2, 0) is 19.1 Å². The van der Waals surface area contributed by atoms with Crippen LogP contribution in [0.4, 0.5) is 9.59 Å². The molecule has 16 nitrogen and oxygen atoms in total. The third kappa shape index (κ3) is 4.40. The topological polar surface area (TPSA) is 155 Å². The van der Waals surface area contributed by atoms with Gasteiger partial charge in [-0.25, -0.2) is 19.6 Å². The third-order valence-electron chi connectivity index (χ3n) is 8.06. The van der Waals surface area contributed by atoms with Crippen LogP contribution in [0.25, 0.3) is 0 Å². The molecule has 0 saturated carbocycles. The molecule has 6 aliphatic heterocycles. The van der Waals surface area contributed by atoms with Gasteiger partial charge in [0.15, 0.2) is 36.3 Å². The molecule has 4 fully saturated rings. The molecule has 39 heavy (non-hydrogen) atoms. The molecule has 0 aromatic rings. The molecule has 16 heteroatoms. The summed E-state index contributed by atoms with van der Waals surface area (Å²) in [6, 6.07) is -2.23. The summed E-state index contributed by atoms with van der Waals surface area (Å²) in [6.07, 6.45) is -0.654. The Labute approximate surface area is 225 Å². The average Bonchev–Trinajstić information content (AvgIpc) is 3.52. The molecule has 0 aliphatic carbocycles. The van der Waals surface area contributed by atoms with Crippen molar-refractivity contribution < 1.29 is 28.7 Å². The predicted octanol–water partition coefficient (Wildman–Crippen LogP) is -2.86. The maximum absolute atomic E-state index is 13.0. The highest BCUT2D eigenvalue weighted by Crippen LogP contribution is 2.28. The molecule has 6 heterocycles. The summed E-state index contributed by atoms with van der Waals surface area (Å²) in [4.78, 5) is 71.2. The number of nitrogens with zero attached hydrogens (tertiary/aromatic N) is 8. The van der Waals surface area contributed by atoms with Crippen LogP contribution in [0.1, 0.15) is 6.42 Å². The SMILES string of the molecule is CN1C(=O)NC(=O)C2C1N=C(N1CCOCC1)N2CCCN1C(N2CCOCC2)=NC2C1C(=O)NC(=O)N2C. The minimum Gasteiger partial charge on any atom is -0.378 e. The van der Waals surface area contributed by atoms with E-state index in [0.717, 1.165) is 0 Å². The zero-order chi connectivity index (χ0) is 27.3. The largest absolute Gasteiger partial charge is 0.378 e. The van der Waals surface area contributed by atoms with Crippen LogP contribution in [0.3, 0.4) is 0 Å². The number of hydrogen-bond donors (Lipinski definition) is 2. The van der Waals surface area contributed by atoms with Crippen molar-refractivity contribution in [2.45, 2.75) is 30.8 Å². The minimum absolute atomic E-state index is 0.376. The molecule has 4 saturated heterocycles. The molecule has 4 atom stereocenters. The molecule has 2 N–H and O–H groups in total. The summed E-state index contributed by atoms with van der Waals surface area (Å²) in [5.74, 6) is 0.594. The van der Waals surface area contributed by atoms with Gasteiger partial charge in [-0.3, -0.25) is 20.2 Å². The van der Waals surface area contributed by atoms with E-state index in [4.69, 9.17) is 19.5 Å². The number of fused-ring (bicyclic) bond motifs is 2. The summed E-state index contributed by atoms with van der Waals surface area (Å²) in [7, 11) is 3.27. The van der Waals surface area contributed by atoms with Gasteiger partial charge in [0.2, 0.25) is 0 Å². The minimum atomic E-state index is -0.647. The Hall–Kier alpha value is -3.66. The van der Waals surface area contributed by atoms with E-state index < -0.39 is 36.5 Å². The van der Waals surface area contributed by atoms with Crippen LogP contribution in [0.2, 0.25) is 0 Å². The Bertz CT molecular complexity index is 1020. The Morgan fingerprint density at radius 2 is 1.08 bits per heavy atom. The fourth-order valence-corrected chi connectivity index (χ4v) is 5.97. The Morgan fingerprint density at radius 1 is 0.692 bits per heavy atom. The van der Waals surface area contributed by atoms with Crippen molar-refractivity contribution in [2.24, 2.45) is 9.98 Å². The first-order valence-corrected chi connectivity index (χ1v) is 13.3. The molecule has 0 bridgehead atoms. The van der Waals surface area contributed by atoms with Gasteiger partial charge in [0, 0.05) is 53.4 Å². The van der Waals surface area contributed by atoms with Gasteiger partial charge in [-0.05, 0) is 6.42 Å². The molecule has 6 amide bonds. The molecular weight excluding hydrogens is 512 g/mol. The van der Waals surface area contributed by atoms with Gasteiger partial charge < -0.3 is 38.9 Å². The van der Waals surface area contributed by atoms with E-state index in [0.29, 0.717) is 84.0 Å². The second-order valence-electron chi connectivity index (χ2n) is 10.3. The summed E-state index contributed by atoms with van der Waals surface area (Å²) >= 11 is 0. The van der Waals surface area contributed by atoms with Crippen molar-refractivity contribution in [1.82, 2.24) is 40.0 Å². The molecule has 0 radical (unpaired) electrons. The number of nitrogens with one attached hydrogen (secondary N) is 2. The fraction of sp³-hybridized carbons (Fsp3) is 0.739. The van der Waals surface area contributed by atoms with Gasteiger partial charge in [-0.1, -0.05) is 0 Å². The molecule has 0 aromatic carbocycles. The molecule has 212 valence electrons. The van der Waals surface area contributed by atoms with Crippen molar-refractivity contribution in [2.75, 3.05) is 79.8 Å². The first kappa shape index (κ1) is 25.6. The third-order valence-corrected chi connectivity index (χ3v) is 8.06. The van der Waals surface area contributed by atoms with E-state index in [9.17, 15) is 19.2 Å². The van der Waals surface area contributed by atoms with E-state index in [1.807, 2.05) is 9.80 Å². The molecular formula is C23H34N10O6. The number of aliphatic imine (C=N–C) groups is 2. The van der Waals surface area contributed by atoms with Crippen molar-refractivity contribution >= 4 is 35.8 Å². The predicted molar refractivity (Wildman–Crippen MR) is 135 cm³/mol. The van der Waals surface area contributed by atoms with Gasteiger partial charge in [-0.2, -0.15) is 0 Å². The molecule has 0 spiro atoms. The number of imide groups is 2. The zero-order valence-electron chi connectivity index (χ0n) is 22.1. The standard InChI is InChI=1S/C23H34N10O6/c1-28-16-14(18(34)26-22(28)36)32(20(24-16)30-6-10-38-11-7-30)4-3-5-33-15-17(29(2)23(37)27-19(15)35)25-21(33)31-8-12-39-13-9-31/h14-17H,3-13H2,1-2H3,(H,26,34,36)(H,27,35,37). The monoisotopic (exact) mass is 546 g/mol. The number of ether oxygens (including phenoxy) is 2. The number of rotatable bonds is 4. The highest BCUT2D eigenvalue weighted by Gasteiger charge is 2.51. The number of morpholine rings is 2. The maximum Gasteiger partial charge on any atom is 0.325 e. The van der Waals surface area contributed by atoms with Gasteiger partial charge in [0.1, 0.15) is 0 Å². The van der Waals surface area contributed by atoms with Crippen molar-refractivity contribution in [3.63, 3.8) is 0 Å². The second-order valence-corrected chi connectivity index (χ2v) is 10.3. The van der Waals surface area contributed by atoms with Gasteiger partial charge in [0.05, 0.1) is 26.4 Å². The second kappa shape index (κ2) is 10.1. The lowest BCUT2D eigenvalue weighted by Gasteiger charge is -2.40. The summed E-state index contributed by atoms with van der Waals surface area (Å²) in [5.41, 5.74) is 0. The van der Waals surface area contributed by atoms with Crippen LogP contribution < -0.4 is 10.6 Å². The lowest BCUT2D eigenvalue weighted by Crippen LogP contribution is -2.65. The quantitative estimate of drug-likeness (QED) is 0.376. The molecule has 6 aliphatic rings. The number of urea groups is 2. The number of carbonyl (C=O) groups excluding carboxylic acids is 4. The summed E-state index contributed by atoms with van der Waals surface area (Å²) in [6.45, 7) is 5.71. The summed E-state index contributed by atoms with van der Waals surface area (Å²) in [5, 5.41) is 4.88. The van der Waals surface area contributed by atoms with Gasteiger partial charge in [0.25, 0.3) is 11.8 Å². The number of guanidine groups is 2. The van der Waals surface area contributed by atoms with Crippen LogP contribution >= 0.6 is 0 Å². The van der Waals surface area contributed by atoms with Crippen molar-refractivity contribution in [3.05, 3.63) is 0 Å². The molecule has 6 rings (SSSR count). The first-order chi connectivity index (χ1) is 18.8. The van der Waals surface area contributed by atoms with Crippen LogP contribution in [-0.4, -0.2) is 169 Å². The van der Waals surface area contributed by atoms with Gasteiger partial charge >= 0.3 is 12.1 Å². The van der Waals surface area contributed by atoms with E-state index in [2.05, 4.69) is 20.4 Å². The van der Waals surface area contributed by atoms with E-state index >= 15 is 0 Å². The normalized spacial score (nSPS) is 31.2. The Kier molecular flexibility index (Phi) is 6.66. The number of amides is 6. The smallest absolute Gasteiger partial charge is 0.325 e. The fourth-order valence-electron chi connectivity index (χ4n) is 5.97. The number of hydrogen-bond acceptors (Lipinski definition) is 12. The Morgan fingerprint density at radius 3 is 1.46 bits per heavy atom. The van der Waals surface area contributed by atoms with Crippen LogP contribution in [0, 0.1) is 0 Å². The number of likely N-dealkylation sites (N-methyl/N-ethyl adjacent to an activating group) is 2. The summed E-state index contributed by atoms with van der Waals surface area (Å²) < 4.78 is 11.0. The lowest BCUT2D eigenvalue weighted by molar-refractivity contribution is -0.127. The van der Waals surface area contributed by atoms with E-state index in [-0.39, 0.29) is 11.8 Å². The number of carbonyl (C=O) groups is 4. The molecule has 0 aromatic heterocycles. The van der Waals surface area contributed by atoms with Crippen molar-refractivity contribution in [3.8, 4) is 0 Å². The highest BCUT2D eigenvalue weighted by atomic mass is 16.5. The van der Waals surface area contributed by atoms with Crippen LogP contribution in [0.5, 0.6) is 0 Å².